The van der Waals surface area contributed by atoms with Crippen molar-refractivity contribution in [3.05, 3.63) is 64.2 Å². The lowest BCUT2D eigenvalue weighted by Crippen LogP contribution is -2.49. The van der Waals surface area contributed by atoms with Gasteiger partial charge >= 0.3 is 0 Å². The molecular formula is C18H18ClN3O3S. The van der Waals surface area contributed by atoms with Crippen LogP contribution in [-0.2, 0) is 4.79 Å². The van der Waals surface area contributed by atoms with Crippen molar-refractivity contribution in [1.29, 1.82) is 0 Å². The van der Waals surface area contributed by atoms with Crippen LogP contribution >= 0.6 is 23.8 Å². The van der Waals surface area contributed by atoms with Crippen LogP contribution in [0.4, 0.5) is 0 Å². The summed E-state index contributed by atoms with van der Waals surface area (Å²) in [6.45, 7) is 3.53. The van der Waals surface area contributed by atoms with Gasteiger partial charge in [-0.25, -0.2) is 0 Å². The molecule has 26 heavy (non-hydrogen) atoms. The Bertz CT molecular complexity index is 825. The normalized spacial score (nSPS) is 9.96. The largest absolute Gasteiger partial charge is 0.483 e. The molecule has 0 spiro atoms. The quantitative estimate of drug-likeness (QED) is 0.551. The van der Waals surface area contributed by atoms with Crippen LogP contribution in [0.15, 0.2) is 42.5 Å². The molecule has 0 atom stereocenters. The molecule has 8 heteroatoms. The molecule has 0 aromatic heterocycles. The molecule has 2 rings (SSSR count). The minimum absolute atomic E-state index is 0.0353. The van der Waals surface area contributed by atoms with Gasteiger partial charge in [0.1, 0.15) is 5.75 Å². The Labute approximate surface area is 161 Å². The van der Waals surface area contributed by atoms with Crippen molar-refractivity contribution in [3.8, 4) is 5.75 Å². The first-order valence-electron chi connectivity index (χ1n) is 7.71. The molecule has 0 aliphatic carbocycles. The summed E-state index contributed by atoms with van der Waals surface area (Å²) in [4.78, 5) is 23.8. The number of amides is 2. The Morgan fingerprint density at radius 3 is 2.42 bits per heavy atom. The third-order valence-corrected chi connectivity index (χ3v) is 3.79. The monoisotopic (exact) mass is 391 g/mol. The van der Waals surface area contributed by atoms with E-state index in [4.69, 9.17) is 28.6 Å². The first kappa shape index (κ1) is 19.7. The third-order valence-electron chi connectivity index (χ3n) is 3.35. The van der Waals surface area contributed by atoms with Crippen LogP contribution in [0, 0.1) is 13.8 Å². The number of thiocarbonyl (C=S) groups is 1. The smallest absolute Gasteiger partial charge is 0.269 e. The molecule has 0 saturated carbocycles. The van der Waals surface area contributed by atoms with Crippen LogP contribution in [-0.4, -0.2) is 23.5 Å². The molecule has 0 bridgehead atoms. The number of ether oxygens (including phenoxy) is 1. The zero-order valence-corrected chi connectivity index (χ0v) is 15.8. The van der Waals surface area contributed by atoms with Gasteiger partial charge in [-0.15, -0.1) is 0 Å². The Hall–Kier alpha value is -2.64. The van der Waals surface area contributed by atoms with Crippen molar-refractivity contribution in [2.75, 3.05) is 6.61 Å². The number of hydrogen-bond acceptors (Lipinski definition) is 4. The van der Waals surface area contributed by atoms with Crippen molar-refractivity contribution in [3.63, 3.8) is 0 Å². The van der Waals surface area contributed by atoms with Crippen molar-refractivity contribution in [1.82, 2.24) is 16.2 Å². The van der Waals surface area contributed by atoms with E-state index in [0.29, 0.717) is 16.3 Å². The summed E-state index contributed by atoms with van der Waals surface area (Å²) < 4.78 is 5.42. The Balaban J connectivity index is 1.75. The molecule has 2 aromatic rings. The fourth-order valence-electron chi connectivity index (χ4n) is 2.00. The lowest BCUT2D eigenvalue weighted by atomic mass is 10.1. The van der Waals surface area contributed by atoms with E-state index >= 15 is 0 Å². The van der Waals surface area contributed by atoms with E-state index in [9.17, 15) is 9.59 Å². The average molecular weight is 392 g/mol. The first-order valence-corrected chi connectivity index (χ1v) is 8.49. The molecule has 0 heterocycles. The second-order valence-corrected chi connectivity index (χ2v) is 6.37. The van der Waals surface area contributed by atoms with Crippen molar-refractivity contribution < 1.29 is 14.3 Å². The van der Waals surface area contributed by atoms with Crippen LogP contribution in [0.25, 0.3) is 0 Å². The first-order chi connectivity index (χ1) is 12.3. The van der Waals surface area contributed by atoms with E-state index in [1.807, 2.05) is 26.0 Å². The summed E-state index contributed by atoms with van der Waals surface area (Å²) in [5.41, 5.74) is 7.22. The number of aryl methyl sites for hydroxylation is 2. The highest BCUT2D eigenvalue weighted by Gasteiger charge is 2.09. The molecule has 2 aromatic carbocycles. The number of hydrogen-bond donors (Lipinski definition) is 3. The Kier molecular flexibility index (Phi) is 6.94. The number of benzene rings is 2. The van der Waals surface area contributed by atoms with Gasteiger partial charge in [0.15, 0.2) is 11.7 Å². The molecule has 0 unspecified atom stereocenters. The molecule has 0 aliphatic heterocycles. The van der Waals surface area contributed by atoms with Gasteiger partial charge in [0, 0.05) is 10.6 Å². The predicted molar refractivity (Wildman–Crippen MR) is 104 cm³/mol. The molecule has 0 fully saturated rings. The standard InChI is InChI=1S/C18H18ClN3O3S/c1-11-3-5-13(6-4-11)17(24)21-22-18(26)20-16(23)10-25-15-8-7-14(19)9-12(15)2/h3-9H,10H2,1-2H3,(H,21,24)(H2,20,22,23,26). The molecule has 3 N–H and O–H groups in total. The molecule has 2 amide bonds. The number of nitrogens with one attached hydrogen (secondary N) is 3. The second kappa shape index (κ2) is 9.17. The summed E-state index contributed by atoms with van der Waals surface area (Å²) in [5.74, 6) is -0.271. The van der Waals surface area contributed by atoms with E-state index < -0.39 is 5.91 Å². The summed E-state index contributed by atoms with van der Waals surface area (Å²) in [6, 6.07) is 12.1. The van der Waals surface area contributed by atoms with Gasteiger partial charge in [-0.1, -0.05) is 29.3 Å². The molecule has 136 valence electrons. The van der Waals surface area contributed by atoms with Gasteiger partial charge in [0.05, 0.1) is 0 Å². The van der Waals surface area contributed by atoms with Gasteiger partial charge in [-0.05, 0) is 62.0 Å². The van der Waals surface area contributed by atoms with Gasteiger partial charge < -0.3 is 4.74 Å². The lowest BCUT2D eigenvalue weighted by Gasteiger charge is -2.12. The summed E-state index contributed by atoms with van der Waals surface area (Å²) in [7, 11) is 0. The zero-order chi connectivity index (χ0) is 19.1. The minimum atomic E-state index is -0.457. The fourth-order valence-corrected chi connectivity index (χ4v) is 2.39. The Morgan fingerprint density at radius 1 is 1.08 bits per heavy atom. The molecule has 0 saturated heterocycles. The maximum absolute atomic E-state index is 11.9. The SMILES string of the molecule is Cc1ccc(C(=O)NNC(=S)NC(=O)COc2ccc(Cl)cc2C)cc1. The van der Waals surface area contributed by atoms with E-state index in [-0.39, 0.29) is 17.6 Å². The van der Waals surface area contributed by atoms with Crippen LogP contribution < -0.4 is 20.9 Å². The highest BCUT2D eigenvalue weighted by molar-refractivity contribution is 7.80. The number of hydrazine groups is 1. The maximum Gasteiger partial charge on any atom is 0.269 e. The second-order valence-electron chi connectivity index (χ2n) is 5.52. The topological polar surface area (TPSA) is 79.5 Å². The number of rotatable bonds is 4. The van der Waals surface area contributed by atoms with Crippen LogP contribution in [0.3, 0.4) is 0 Å². The van der Waals surface area contributed by atoms with Crippen molar-refractivity contribution in [2.24, 2.45) is 0 Å². The molecule has 6 nitrogen and oxygen atoms in total. The van der Waals surface area contributed by atoms with E-state index in [1.54, 1.807) is 30.3 Å². The minimum Gasteiger partial charge on any atom is -0.483 e. The number of carbonyl (C=O) groups excluding carboxylic acids is 2. The number of carbonyl (C=O) groups is 2. The maximum atomic E-state index is 11.9. The summed E-state index contributed by atoms with van der Waals surface area (Å²) >= 11 is 10.8. The van der Waals surface area contributed by atoms with Gasteiger partial charge in [0.2, 0.25) is 0 Å². The number of halogens is 1. The zero-order valence-electron chi connectivity index (χ0n) is 14.3. The van der Waals surface area contributed by atoms with Crippen molar-refractivity contribution in [2.45, 2.75) is 13.8 Å². The molecular weight excluding hydrogens is 374 g/mol. The highest BCUT2D eigenvalue weighted by atomic mass is 35.5. The highest BCUT2D eigenvalue weighted by Crippen LogP contribution is 2.21. The summed E-state index contributed by atoms with van der Waals surface area (Å²) in [5, 5.41) is 2.97. The van der Waals surface area contributed by atoms with Gasteiger partial charge in [0.25, 0.3) is 11.8 Å². The van der Waals surface area contributed by atoms with E-state index in [0.717, 1.165) is 11.1 Å². The molecule has 0 radical (unpaired) electrons. The molecule has 0 aliphatic rings. The third kappa shape index (κ3) is 6.02. The Morgan fingerprint density at radius 2 is 1.77 bits per heavy atom. The fraction of sp³-hybridized carbons (Fsp3) is 0.167. The van der Waals surface area contributed by atoms with Gasteiger partial charge in [-0.3, -0.25) is 25.8 Å². The van der Waals surface area contributed by atoms with Gasteiger partial charge in [-0.2, -0.15) is 0 Å². The predicted octanol–water partition coefficient (Wildman–Crippen LogP) is 2.67. The average Bonchev–Trinajstić information content (AvgIpc) is 2.59. The lowest BCUT2D eigenvalue weighted by molar-refractivity contribution is -0.121. The van der Waals surface area contributed by atoms with Crippen LogP contribution in [0.5, 0.6) is 5.75 Å². The van der Waals surface area contributed by atoms with E-state index in [1.165, 1.54) is 0 Å². The summed E-state index contributed by atoms with van der Waals surface area (Å²) in [6.07, 6.45) is 0. The van der Waals surface area contributed by atoms with Crippen LogP contribution in [0.1, 0.15) is 21.5 Å². The van der Waals surface area contributed by atoms with Crippen LogP contribution in [0.2, 0.25) is 5.02 Å². The van der Waals surface area contributed by atoms with E-state index in [2.05, 4.69) is 16.2 Å². The van der Waals surface area contributed by atoms with Crippen molar-refractivity contribution >= 4 is 40.7 Å².